The van der Waals surface area contributed by atoms with E-state index in [-0.39, 0.29) is 11.9 Å². The van der Waals surface area contributed by atoms with E-state index in [2.05, 4.69) is 25.5 Å². The minimum Gasteiger partial charge on any atom is -0.422 e. The third kappa shape index (κ3) is 4.11. The maximum absolute atomic E-state index is 12.4. The number of morpholine rings is 1. The summed E-state index contributed by atoms with van der Waals surface area (Å²) < 4.78 is 11.3. The van der Waals surface area contributed by atoms with E-state index in [1.54, 1.807) is 17.3 Å². The topological polar surface area (TPSA) is 106 Å². The van der Waals surface area contributed by atoms with Crippen LogP contribution in [0.5, 0.6) is 0 Å². The van der Waals surface area contributed by atoms with E-state index in [0.717, 1.165) is 12.2 Å². The Hall–Kier alpha value is -2.55. The molecule has 2 aromatic rings. The first-order valence-corrected chi connectivity index (χ1v) is 8.38. The number of aromatic nitrogens is 4. The Bertz CT molecular complexity index is 715. The average Bonchev–Trinajstić information content (AvgIpc) is 3.13. The number of hydrogen-bond donors (Lipinski definition) is 1. The summed E-state index contributed by atoms with van der Waals surface area (Å²) in [5.41, 5.74) is 0.560. The Balaban J connectivity index is 1.62. The second kappa shape index (κ2) is 7.56. The highest BCUT2D eigenvalue weighted by Crippen LogP contribution is 2.23. The first kappa shape index (κ1) is 17.3. The molecule has 0 aromatic carbocycles. The standard InChI is InChI=1S/C16H22N6O3/c1-4-13-17-7-11(8-18-13)19-16(23)22-5-6-24-12(9-22)15-21-20-14(25-15)10(2)3/h7-8,10,12H,4-6,9H2,1-3H3,(H,19,23). The van der Waals surface area contributed by atoms with E-state index >= 15 is 0 Å². The molecule has 0 aliphatic carbocycles. The van der Waals surface area contributed by atoms with Crippen LogP contribution in [0.4, 0.5) is 10.5 Å². The molecule has 1 unspecified atom stereocenters. The third-order valence-corrected chi connectivity index (χ3v) is 3.85. The van der Waals surface area contributed by atoms with Crippen molar-refractivity contribution in [1.29, 1.82) is 0 Å². The second-order valence-corrected chi connectivity index (χ2v) is 6.11. The van der Waals surface area contributed by atoms with Crippen LogP contribution in [0, 0.1) is 0 Å². The average molecular weight is 346 g/mol. The summed E-state index contributed by atoms with van der Waals surface area (Å²) in [5, 5.41) is 10.8. The molecule has 1 atom stereocenters. The van der Waals surface area contributed by atoms with Gasteiger partial charge >= 0.3 is 6.03 Å². The van der Waals surface area contributed by atoms with Crippen LogP contribution in [0.25, 0.3) is 0 Å². The van der Waals surface area contributed by atoms with Crippen LogP contribution in [0.2, 0.25) is 0 Å². The lowest BCUT2D eigenvalue weighted by Crippen LogP contribution is -2.44. The van der Waals surface area contributed by atoms with Gasteiger partial charge in [-0.15, -0.1) is 10.2 Å². The molecule has 0 saturated carbocycles. The predicted octanol–water partition coefficient (Wildman–Crippen LogP) is 2.15. The van der Waals surface area contributed by atoms with E-state index < -0.39 is 6.10 Å². The number of aryl methyl sites for hydroxylation is 1. The van der Waals surface area contributed by atoms with Gasteiger partial charge in [-0.3, -0.25) is 0 Å². The first-order chi connectivity index (χ1) is 12.1. The molecule has 1 fully saturated rings. The van der Waals surface area contributed by atoms with E-state index in [0.29, 0.717) is 37.2 Å². The molecule has 9 heteroatoms. The smallest absolute Gasteiger partial charge is 0.322 e. The summed E-state index contributed by atoms with van der Waals surface area (Å²) in [6.45, 7) is 7.17. The van der Waals surface area contributed by atoms with Crippen molar-refractivity contribution in [1.82, 2.24) is 25.1 Å². The molecule has 0 spiro atoms. The van der Waals surface area contributed by atoms with E-state index in [1.165, 1.54) is 0 Å². The molecule has 1 saturated heterocycles. The summed E-state index contributed by atoms with van der Waals surface area (Å²) in [6, 6.07) is -0.232. The van der Waals surface area contributed by atoms with Crippen LogP contribution in [0.15, 0.2) is 16.8 Å². The number of anilines is 1. The van der Waals surface area contributed by atoms with Gasteiger partial charge in [-0.1, -0.05) is 20.8 Å². The van der Waals surface area contributed by atoms with Crippen molar-refractivity contribution >= 4 is 11.7 Å². The molecule has 3 heterocycles. The second-order valence-electron chi connectivity index (χ2n) is 6.11. The Morgan fingerprint density at radius 2 is 2.12 bits per heavy atom. The molecule has 1 aliphatic rings. The molecule has 2 amide bonds. The zero-order chi connectivity index (χ0) is 17.8. The number of rotatable bonds is 4. The van der Waals surface area contributed by atoms with Crippen LogP contribution in [-0.4, -0.2) is 50.8 Å². The fourth-order valence-electron chi connectivity index (χ4n) is 2.40. The van der Waals surface area contributed by atoms with Crippen molar-refractivity contribution in [3.8, 4) is 0 Å². The number of hydrogen-bond acceptors (Lipinski definition) is 7. The van der Waals surface area contributed by atoms with Crippen molar-refractivity contribution in [2.75, 3.05) is 25.0 Å². The molecule has 9 nitrogen and oxygen atoms in total. The third-order valence-electron chi connectivity index (χ3n) is 3.85. The van der Waals surface area contributed by atoms with Gasteiger partial charge in [0.05, 0.1) is 31.2 Å². The van der Waals surface area contributed by atoms with Crippen molar-refractivity contribution in [3.05, 3.63) is 30.0 Å². The lowest BCUT2D eigenvalue weighted by atomic mass is 10.2. The number of amides is 2. The number of nitrogens with one attached hydrogen (secondary N) is 1. The largest absolute Gasteiger partial charge is 0.422 e. The number of carbonyl (C=O) groups is 1. The minimum atomic E-state index is -0.418. The first-order valence-electron chi connectivity index (χ1n) is 8.38. The molecule has 0 radical (unpaired) electrons. The highest BCUT2D eigenvalue weighted by Gasteiger charge is 2.29. The number of nitrogens with zero attached hydrogens (tertiary/aromatic N) is 5. The van der Waals surface area contributed by atoms with Crippen LogP contribution in [-0.2, 0) is 11.2 Å². The molecule has 134 valence electrons. The number of ether oxygens (including phenoxy) is 1. The normalized spacial score (nSPS) is 17.8. The highest BCUT2D eigenvalue weighted by molar-refractivity contribution is 5.89. The Labute approximate surface area is 145 Å². The van der Waals surface area contributed by atoms with Gasteiger partial charge in [-0.05, 0) is 0 Å². The van der Waals surface area contributed by atoms with Gasteiger partial charge in [0.15, 0.2) is 6.10 Å². The van der Waals surface area contributed by atoms with Crippen LogP contribution >= 0.6 is 0 Å². The molecular formula is C16H22N6O3. The summed E-state index contributed by atoms with van der Waals surface area (Å²) in [4.78, 5) is 22.5. The van der Waals surface area contributed by atoms with Crippen molar-refractivity contribution in [3.63, 3.8) is 0 Å². The van der Waals surface area contributed by atoms with E-state index in [4.69, 9.17) is 9.15 Å². The fraction of sp³-hybridized carbons (Fsp3) is 0.562. The van der Waals surface area contributed by atoms with Gasteiger partial charge in [0.25, 0.3) is 0 Å². The van der Waals surface area contributed by atoms with Crippen molar-refractivity contribution in [2.45, 2.75) is 39.2 Å². The zero-order valence-electron chi connectivity index (χ0n) is 14.6. The van der Waals surface area contributed by atoms with Gasteiger partial charge < -0.3 is 19.4 Å². The SMILES string of the molecule is CCc1ncc(NC(=O)N2CCOC(c3nnc(C(C)C)o3)C2)cn1. The van der Waals surface area contributed by atoms with Gasteiger partial charge in [0, 0.05) is 18.9 Å². The molecule has 2 aromatic heterocycles. The monoisotopic (exact) mass is 346 g/mol. The van der Waals surface area contributed by atoms with Gasteiger partial charge in [-0.25, -0.2) is 14.8 Å². The Morgan fingerprint density at radius 3 is 2.76 bits per heavy atom. The van der Waals surface area contributed by atoms with Crippen LogP contribution in [0.1, 0.15) is 50.4 Å². The lowest BCUT2D eigenvalue weighted by Gasteiger charge is -2.31. The van der Waals surface area contributed by atoms with Crippen molar-refractivity contribution < 1.29 is 13.9 Å². The van der Waals surface area contributed by atoms with E-state index in [1.807, 2.05) is 20.8 Å². The number of carbonyl (C=O) groups excluding carboxylic acids is 1. The Kier molecular flexibility index (Phi) is 5.22. The molecular weight excluding hydrogens is 324 g/mol. The quantitative estimate of drug-likeness (QED) is 0.904. The van der Waals surface area contributed by atoms with Crippen molar-refractivity contribution in [2.24, 2.45) is 0 Å². The lowest BCUT2D eigenvalue weighted by molar-refractivity contribution is -0.0276. The summed E-state index contributed by atoms with van der Waals surface area (Å²) in [5.74, 6) is 1.85. The molecule has 1 N–H and O–H groups in total. The summed E-state index contributed by atoms with van der Waals surface area (Å²) in [7, 11) is 0. The summed E-state index contributed by atoms with van der Waals surface area (Å²) >= 11 is 0. The van der Waals surface area contributed by atoms with Crippen LogP contribution < -0.4 is 5.32 Å². The van der Waals surface area contributed by atoms with Gasteiger partial charge in [0.1, 0.15) is 5.82 Å². The molecule has 3 rings (SSSR count). The number of urea groups is 1. The van der Waals surface area contributed by atoms with Crippen LogP contribution in [0.3, 0.4) is 0 Å². The highest BCUT2D eigenvalue weighted by atomic mass is 16.5. The summed E-state index contributed by atoms with van der Waals surface area (Å²) in [6.07, 6.45) is 3.55. The molecule has 0 bridgehead atoms. The maximum Gasteiger partial charge on any atom is 0.322 e. The fourth-order valence-corrected chi connectivity index (χ4v) is 2.40. The minimum absolute atomic E-state index is 0.148. The molecule has 25 heavy (non-hydrogen) atoms. The van der Waals surface area contributed by atoms with E-state index in [9.17, 15) is 4.79 Å². The van der Waals surface area contributed by atoms with Gasteiger partial charge in [0.2, 0.25) is 11.8 Å². The van der Waals surface area contributed by atoms with Gasteiger partial charge in [-0.2, -0.15) is 0 Å². The maximum atomic E-state index is 12.4. The molecule has 1 aliphatic heterocycles. The zero-order valence-corrected chi connectivity index (χ0v) is 14.6. The Morgan fingerprint density at radius 1 is 1.36 bits per heavy atom. The predicted molar refractivity (Wildman–Crippen MR) is 89.1 cm³/mol.